The molecular weight excluding hydrogens is 318 g/mol. The minimum Gasteiger partial charge on any atom is -0.497 e. The molecule has 24 heavy (non-hydrogen) atoms. The Bertz CT molecular complexity index is 1010. The van der Waals surface area contributed by atoms with E-state index in [1.54, 1.807) is 24.6 Å². The highest BCUT2D eigenvalue weighted by Gasteiger charge is 2.19. The van der Waals surface area contributed by atoms with Gasteiger partial charge in [0.05, 0.1) is 23.4 Å². The standard InChI is InChI=1S/C19H17N3OS/c1-12-11-24-18(13(12)2)17-16(14-5-7-15(23-3)8-6-14)21-19-20-9-4-10-22(17)19/h4-11H,1-3H3. The smallest absolute Gasteiger partial charge is 0.234 e. The molecule has 0 spiro atoms. The Kier molecular flexibility index (Phi) is 3.58. The molecule has 1 aromatic carbocycles. The summed E-state index contributed by atoms with van der Waals surface area (Å²) in [5.41, 5.74) is 5.69. The summed E-state index contributed by atoms with van der Waals surface area (Å²) < 4.78 is 7.33. The van der Waals surface area contributed by atoms with Crippen LogP contribution in [0.1, 0.15) is 11.1 Å². The van der Waals surface area contributed by atoms with E-state index >= 15 is 0 Å². The van der Waals surface area contributed by atoms with Gasteiger partial charge in [0.15, 0.2) is 0 Å². The van der Waals surface area contributed by atoms with Crippen molar-refractivity contribution in [1.82, 2.24) is 14.4 Å². The third-order valence-corrected chi connectivity index (χ3v) is 5.47. The Labute approximate surface area is 144 Å². The number of nitrogens with zero attached hydrogens (tertiary/aromatic N) is 3. The maximum absolute atomic E-state index is 5.27. The molecule has 0 saturated carbocycles. The fourth-order valence-corrected chi connectivity index (χ4v) is 3.91. The number of thiophene rings is 1. The molecule has 0 bridgehead atoms. The highest BCUT2D eigenvalue weighted by molar-refractivity contribution is 7.14. The highest BCUT2D eigenvalue weighted by Crippen LogP contribution is 2.38. The average molecular weight is 335 g/mol. The zero-order chi connectivity index (χ0) is 16.7. The summed E-state index contributed by atoms with van der Waals surface area (Å²) in [5, 5.41) is 2.19. The second-order valence-corrected chi connectivity index (χ2v) is 6.58. The van der Waals surface area contributed by atoms with Crippen LogP contribution in [0.25, 0.3) is 27.6 Å². The molecular formula is C19H17N3OS. The predicted octanol–water partition coefficient (Wildman–Crippen LogP) is 4.75. The van der Waals surface area contributed by atoms with Gasteiger partial charge in [-0.3, -0.25) is 4.40 Å². The third kappa shape index (κ3) is 2.29. The minimum absolute atomic E-state index is 0.712. The second-order valence-electron chi connectivity index (χ2n) is 5.70. The fraction of sp³-hybridized carbons (Fsp3) is 0.158. The molecule has 0 aliphatic rings. The van der Waals surface area contributed by atoms with Gasteiger partial charge in [-0.15, -0.1) is 11.3 Å². The first-order valence-electron chi connectivity index (χ1n) is 7.71. The first-order chi connectivity index (χ1) is 11.7. The molecule has 0 aliphatic heterocycles. The summed E-state index contributed by atoms with van der Waals surface area (Å²) in [7, 11) is 1.67. The number of imidazole rings is 1. The Hall–Kier alpha value is -2.66. The number of benzene rings is 1. The lowest BCUT2D eigenvalue weighted by Crippen LogP contribution is -1.90. The second kappa shape index (κ2) is 5.76. The normalized spacial score (nSPS) is 11.1. The Morgan fingerprint density at radius 1 is 1.12 bits per heavy atom. The summed E-state index contributed by atoms with van der Waals surface area (Å²) in [5.74, 6) is 1.55. The molecule has 3 aromatic heterocycles. The van der Waals surface area contributed by atoms with Crippen LogP contribution in [-0.4, -0.2) is 21.5 Å². The number of fused-ring (bicyclic) bond motifs is 1. The van der Waals surface area contributed by atoms with Gasteiger partial charge in [-0.05, 0) is 60.7 Å². The molecule has 0 amide bonds. The van der Waals surface area contributed by atoms with Gasteiger partial charge in [-0.2, -0.15) is 0 Å². The summed E-state index contributed by atoms with van der Waals surface area (Å²) >= 11 is 1.75. The monoisotopic (exact) mass is 335 g/mol. The first-order valence-corrected chi connectivity index (χ1v) is 8.59. The van der Waals surface area contributed by atoms with E-state index in [4.69, 9.17) is 9.72 Å². The van der Waals surface area contributed by atoms with E-state index in [0.29, 0.717) is 5.78 Å². The van der Waals surface area contributed by atoms with Crippen molar-refractivity contribution in [2.24, 2.45) is 0 Å². The van der Waals surface area contributed by atoms with Crippen molar-refractivity contribution in [3.63, 3.8) is 0 Å². The largest absolute Gasteiger partial charge is 0.497 e. The van der Waals surface area contributed by atoms with Crippen molar-refractivity contribution in [3.8, 4) is 27.6 Å². The lowest BCUT2D eigenvalue weighted by Gasteiger charge is -2.06. The van der Waals surface area contributed by atoms with Crippen LogP contribution < -0.4 is 4.74 Å². The van der Waals surface area contributed by atoms with Crippen molar-refractivity contribution in [2.45, 2.75) is 13.8 Å². The summed E-state index contributed by atoms with van der Waals surface area (Å²) in [6.07, 6.45) is 3.79. The molecule has 0 fully saturated rings. The quantitative estimate of drug-likeness (QED) is 0.542. The van der Waals surface area contributed by atoms with Gasteiger partial charge < -0.3 is 4.74 Å². The number of methoxy groups -OCH3 is 1. The Morgan fingerprint density at radius 2 is 1.92 bits per heavy atom. The number of aryl methyl sites for hydroxylation is 1. The zero-order valence-corrected chi connectivity index (χ0v) is 14.6. The molecule has 0 atom stereocenters. The lowest BCUT2D eigenvalue weighted by molar-refractivity contribution is 0.415. The van der Waals surface area contributed by atoms with Gasteiger partial charge in [0, 0.05) is 18.0 Å². The number of hydrogen-bond acceptors (Lipinski definition) is 4. The Morgan fingerprint density at radius 3 is 2.58 bits per heavy atom. The van der Waals surface area contributed by atoms with Crippen LogP contribution in [0.3, 0.4) is 0 Å². The van der Waals surface area contributed by atoms with Crippen LogP contribution in [0.2, 0.25) is 0 Å². The van der Waals surface area contributed by atoms with Crippen molar-refractivity contribution in [2.75, 3.05) is 7.11 Å². The number of hydrogen-bond donors (Lipinski definition) is 0. The third-order valence-electron chi connectivity index (χ3n) is 4.27. The van der Waals surface area contributed by atoms with Gasteiger partial charge in [-0.1, -0.05) is 0 Å². The molecule has 3 heterocycles. The average Bonchev–Trinajstić information content (AvgIpc) is 3.16. The predicted molar refractivity (Wildman–Crippen MR) is 97.8 cm³/mol. The van der Waals surface area contributed by atoms with E-state index in [-0.39, 0.29) is 0 Å². The fourth-order valence-electron chi connectivity index (χ4n) is 2.79. The maximum atomic E-state index is 5.27. The maximum Gasteiger partial charge on any atom is 0.234 e. The van der Waals surface area contributed by atoms with Crippen LogP contribution in [0, 0.1) is 13.8 Å². The molecule has 0 radical (unpaired) electrons. The first kappa shape index (κ1) is 14.9. The Balaban J connectivity index is 2.01. The lowest BCUT2D eigenvalue weighted by atomic mass is 10.1. The molecule has 4 rings (SSSR count). The van der Waals surface area contributed by atoms with Gasteiger partial charge in [-0.25, -0.2) is 9.97 Å². The van der Waals surface area contributed by atoms with Crippen LogP contribution >= 0.6 is 11.3 Å². The van der Waals surface area contributed by atoms with Gasteiger partial charge in [0.25, 0.3) is 0 Å². The van der Waals surface area contributed by atoms with E-state index in [0.717, 1.165) is 22.7 Å². The summed E-state index contributed by atoms with van der Waals surface area (Å²) in [4.78, 5) is 10.4. The molecule has 4 nitrogen and oxygen atoms in total. The van der Waals surface area contributed by atoms with Gasteiger partial charge in [0.2, 0.25) is 5.78 Å². The summed E-state index contributed by atoms with van der Waals surface area (Å²) in [6, 6.07) is 9.94. The van der Waals surface area contributed by atoms with Crippen LogP contribution in [0.15, 0.2) is 48.1 Å². The van der Waals surface area contributed by atoms with Gasteiger partial charge in [0.1, 0.15) is 5.75 Å². The molecule has 0 unspecified atom stereocenters. The topological polar surface area (TPSA) is 39.4 Å². The highest BCUT2D eigenvalue weighted by atomic mass is 32.1. The van der Waals surface area contributed by atoms with E-state index in [9.17, 15) is 0 Å². The molecule has 4 aromatic rings. The zero-order valence-electron chi connectivity index (χ0n) is 13.8. The van der Waals surface area contributed by atoms with E-state index in [1.807, 2.05) is 36.5 Å². The van der Waals surface area contributed by atoms with Crippen molar-refractivity contribution >= 4 is 17.1 Å². The summed E-state index contributed by atoms with van der Waals surface area (Å²) in [6.45, 7) is 4.30. The number of rotatable bonds is 3. The van der Waals surface area contributed by atoms with E-state index in [1.165, 1.54) is 16.0 Å². The van der Waals surface area contributed by atoms with Crippen LogP contribution in [-0.2, 0) is 0 Å². The van der Waals surface area contributed by atoms with E-state index in [2.05, 4.69) is 28.6 Å². The SMILES string of the molecule is COc1ccc(-c2nc3ncccn3c2-c2scc(C)c2C)cc1. The van der Waals surface area contributed by atoms with Crippen molar-refractivity contribution in [1.29, 1.82) is 0 Å². The number of ether oxygens (including phenoxy) is 1. The van der Waals surface area contributed by atoms with Crippen LogP contribution in [0.5, 0.6) is 5.75 Å². The van der Waals surface area contributed by atoms with Crippen LogP contribution in [0.4, 0.5) is 0 Å². The molecule has 120 valence electrons. The molecule has 0 aliphatic carbocycles. The molecule has 5 heteroatoms. The van der Waals surface area contributed by atoms with E-state index < -0.39 is 0 Å². The minimum atomic E-state index is 0.712. The molecule has 0 saturated heterocycles. The molecule has 0 N–H and O–H groups in total. The van der Waals surface area contributed by atoms with Gasteiger partial charge >= 0.3 is 0 Å². The van der Waals surface area contributed by atoms with Crippen molar-refractivity contribution in [3.05, 3.63) is 59.2 Å². The van der Waals surface area contributed by atoms with Crippen molar-refractivity contribution < 1.29 is 4.74 Å². The number of aromatic nitrogens is 3.